The van der Waals surface area contributed by atoms with Gasteiger partial charge in [0.2, 0.25) is 11.8 Å². The zero-order chi connectivity index (χ0) is 23.5. The topological polar surface area (TPSA) is 104 Å². The maximum atomic E-state index is 12.4. The third-order valence-electron chi connectivity index (χ3n) is 5.87. The molecule has 2 aliphatic heterocycles. The molecular formula is C24H25N5O4S. The van der Waals surface area contributed by atoms with E-state index in [4.69, 9.17) is 4.74 Å². The number of carbonyl (C=O) groups is 3. The van der Waals surface area contributed by atoms with Gasteiger partial charge in [0.25, 0.3) is 5.91 Å². The zero-order valence-corrected chi connectivity index (χ0v) is 19.4. The van der Waals surface area contributed by atoms with Crippen LogP contribution in [0.3, 0.4) is 0 Å². The van der Waals surface area contributed by atoms with Gasteiger partial charge in [-0.05, 0) is 48.9 Å². The highest BCUT2D eigenvalue weighted by molar-refractivity contribution is 7.22. The van der Waals surface area contributed by atoms with E-state index in [0.717, 1.165) is 40.5 Å². The summed E-state index contributed by atoms with van der Waals surface area (Å²) in [7, 11) is 0. The summed E-state index contributed by atoms with van der Waals surface area (Å²) in [5.74, 6) is -0.560. The molecule has 176 valence electrons. The number of hydrogen-bond donors (Lipinski definition) is 2. The van der Waals surface area contributed by atoms with Crippen molar-refractivity contribution in [2.45, 2.75) is 12.8 Å². The second kappa shape index (κ2) is 9.78. The summed E-state index contributed by atoms with van der Waals surface area (Å²) in [4.78, 5) is 45.3. The number of nitrogens with zero attached hydrogens (tertiary/aromatic N) is 3. The first kappa shape index (κ1) is 22.3. The molecule has 2 saturated heterocycles. The summed E-state index contributed by atoms with van der Waals surface area (Å²) >= 11 is 1.58. The van der Waals surface area contributed by atoms with Crippen molar-refractivity contribution >= 4 is 55.8 Å². The lowest BCUT2D eigenvalue weighted by Crippen LogP contribution is -2.36. The third kappa shape index (κ3) is 4.87. The molecule has 0 saturated carbocycles. The molecule has 0 unspecified atom stereocenters. The number of thiazole rings is 1. The minimum absolute atomic E-state index is 0.0997. The molecular weight excluding hydrogens is 454 g/mol. The number of nitrogens with one attached hydrogen (secondary N) is 2. The maximum Gasteiger partial charge on any atom is 0.251 e. The van der Waals surface area contributed by atoms with Crippen LogP contribution < -0.4 is 20.4 Å². The van der Waals surface area contributed by atoms with E-state index >= 15 is 0 Å². The quantitative estimate of drug-likeness (QED) is 0.563. The van der Waals surface area contributed by atoms with E-state index in [9.17, 15) is 14.4 Å². The fourth-order valence-corrected chi connectivity index (χ4v) is 5.12. The van der Waals surface area contributed by atoms with Crippen molar-refractivity contribution in [2.75, 3.05) is 54.5 Å². The molecule has 0 atom stereocenters. The first-order valence-electron chi connectivity index (χ1n) is 11.3. The lowest BCUT2D eigenvalue weighted by atomic mass is 10.2. The number of rotatable bonds is 6. The van der Waals surface area contributed by atoms with Gasteiger partial charge in [0.15, 0.2) is 5.13 Å². The highest BCUT2D eigenvalue weighted by Crippen LogP contribution is 2.31. The lowest BCUT2D eigenvalue weighted by Gasteiger charge is -2.25. The molecule has 0 radical (unpaired) electrons. The second-order valence-corrected chi connectivity index (χ2v) is 9.21. The predicted octanol–water partition coefficient (Wildman–Crippen LogP) is 2.63. The van der Waals surface area contributed by atoms with Gasteiger partial charge < -0.3 is 25.2 Å². The number of benzene rings is 2. The van der Waals surface area contributed by atoms with Gasteiger partial charge in [-0.25, -0.2) is 4.98 Å². The monoisotopic (exact) mass is 479 g/mol. The molecule has 3 aromatic rings. The Labute approximate surface area is 200 Å². The molecule has 3 heterocycles. The van der Waals surface area contributed by atoms with E-state index in [2.05, 4.69) is 20.5 Å². The number of amides is 3. The largest absolute Gasteiger partial charge is 0.378 e. The van der Waals surface area contributed by atoms with Crippen LogP contribution in [-0.4, -0.2) is 62.1 Å². The van der Waals surface area contributed by atoms with Gasteiger partial charge in [-0.3, -0.25) is 14.4 Å². The van der Waals surface area contributed by atoms with Crippen molar-refractivity contribution in [1.29, 1.82) is 0 Å². The normalized spacial score (nSPS) is 16.2. The van der Waals surface area contributed by atoms with Crippen molar-refractivity contribution in [3.05, 3.63) is 48.0 Å². The van der Waals surface area contributed by atoms with Crippen LogP contribution in [0.2, 0.25) is 0 Å². The number of hydrogen-bond acceptors (Lipinski definition) is 7. The SMILES string of the molecule is O=C(CNC(=O)c1ccc(N2CCCC2=O)cc1)Nc1ccc2nc(N3CCOCC3)sc2c1. The van der Waals surface area contributed by atoms with Crippen molar-refractivity contribution in [2.24, 2.45) is 0 Å². The van der Waals surface area contributed by atoms with Crippen molar-refractivity contribution in [1.82, 2.24) is 10.3 Å². The minimum atomic E-state index is -0.345. The molecule has 0 aliphatic carbocycles. The molecule has 2 aliphatic rings. The Kier molecular flexibility index (Phi) is 6.41. The number of ether oxygens (including phenoxy) is 1. The number of anilines is 3. The summed E-state index contributed by atoms with van der Waals surface area (Å²) in [5, 5.41) is 6.42. The van der Waals surface area contributed by atoms with E-state index in [-0.39, 0.29) is 24.3 Å². The van der Waals surface area contributed by atoms with Crippen molar-refractivity contribution in [3.63, 3.8) is 0 Å². The molecule has 2 N–H and O–H groups in total. The highest BCUT2D eigenvalue weighted by Gasteiger charge is 2.22. The molecule has 1 aromatic heterocycles. The standard InChI is InChI=1S/C24H25N5O4S/c30-21(15-25-23(32)16-3-6-18(7-4-16)29-9-1-2-22(29)31)26-17-5-8-19-20(14-17)34-24(27-19)28-10-12-33-13-11-28/h3-8,14H,1-2,9-13,15H2,(H,25,32)(H,26,30). The van der Waals surface area contributed by atoms with Crippen LogP contribution in [0.15, 0.2) is 42.5 Å². The van der Waals surface area contributed by atoms with Gasteiger partial charge in [0.05, 0.1) is 30.0 Å². The van der Waals surface area contributed by atoms with Crippen LogP contribution in [0.5, 0.6) is 0 Å². The summed E-state index contributed by atoms with van der Waals surface area (Å²) in [6.07, 6.45) is 1.41. The molecule has 3 amide bonds. The summed E-state index contributed by atoms with van der Waals surface area (Å²) in [5.41, 5.74) is 2.76. The minimum Gasteiger partial charge on any atom is -0.378 e. The maximum absolute atomic E-state index is 12.4. The first-order chi connectivity index (χ1) is 16.6. The Morgan fingerprint density at radius 1 is 1.06 bits per heavy atom. The molecule has 5 rings (SSSR count). The average molecular weight is 480 g/mol. The Hall–Kier alpha value is -3.50. The smallest absolute Gasteiger partial charge is 0.251 e. The Morgan fingerprint density at radius 3 is 2.59 bits per heavy atom. The van der Waals surface area contributed by atoms with Crippen LogP contribution in [-0.2, 0) is 14.3 Å². The fourth-order valence-electron chi connectivity index (χ4n) is 4.06. The molecule has 9 nitrogen and oxygen atoms in total. The predicted molar refractivity (Wildman–Crippen MR) is 132 cm³/mol. The highest BCUT2D eigenvalue weighted by atomic mass is 32.1. The summed E-state index contributed by atoms with van der Waals surface area (Å²) in [6.45, 7) is 3.60. The first-order valence-corrected chi connectivity index (χ1v) is 12.1. The fraction of sp³-hybridized carbons (Fsp3) is 0.333. The number of fused-ring (bicyclic) bond motifs is 1. The van der Waals surface area contributed by atoms with Crippen LogP contribution in [0.25, 0.3) is 10.2 Å². The molecule has 34 heavy (non-hydrogen) atoms. The molecule has 0 bridgehead atoms. The van der Waals surface area contributed by atoms with E-state index in [1.807, 2.05) is 18.2 Å². The van der Waals surface area contributed by atoms with E-state index in [0.29, 0.717) is 37.4 Å². The summed E-state index contributed by atoms with van der Waals surface area (Å²) < 4.78 is 6.39. The van der Waals surface area contributed by atoms with Crippen molar-refractivity contribution in [3.8, 4) is 0 Å². The molecule has 2 fully saturated rings. The van der Waals surface area contributed by atoms with Crippen LogP contribution >= 0.6 is 11.3 Å². The third-order valence-corrected chi connectivity index (χ3v) is 6.95. The van der Waals surface area contributed by atoms with E-state index in [1.165, 1.54) is 0 Å². The van der Waals surface area contributed by atoms with Crippen molar-refractivity contribution < 1.29 is 19.1 Å². The summed E-state index contributed by atoms with van der Waals surface area (Å²) in [6, 6.07) is 12.4. The van der Waals surface area contributed by atoms with Gasteiger partial charge in [0.1, 0.15) is 0 Å². The van der Waals surface area contributed by atoms with Crippen LogP contribution in [0.1, 0.15) is 23.2 Å². The van der Waals surface area contributed by atoms with E-state index < -0.39 is 0 Å². The zero-order valence-electron chi connectivity index (χ0n) is 18.6. The Bertz CT molecular complexity index is 1220. The number of morpholine rings is 1. The van der Waals surface area contributed by atoms with Gasteiger partial charge in [-0.1, -0.05) is 11.3 Å². The molecule has 0 spiro atoms. The van der Waals surface area contributed by atoms with Gasteiger partial charge in [-0.2, -0.15) is 0 Å². The average Bonchev–Trinajstić information content (AvgIpc) is 3.49. The lowest BCUT2D eigenvalue weighted by molar-refractivity contribution is -0.117. The Balaban J connectivity index is 1.15. The van der Waals surface area contributed by atoms with Gasteiger partial charge in [0, 0.05) is 43.0 Å². The number of aromatic nitrogens is 1. The number of carbonyl (C=O) groups excluding carboxylic acids is 3. The van der Waals surface area contributed by atoms with Crippen LogP contribution in [0.4, 0.5) is 16.5 Å². The van der Waals surface area contributed by atoms with Gasteiger partial charge in [-0.15, -0.1) is 0 Å². The Morgan fingerprint density at radius 2 is 1.85 bits per heavy atom. The van der Waals surface area contributed by atoms with Crippen LogP contribution in [0, 0.1) is 0 Å². The molecule has 2 aromatic carbocycles. The molecule has 10 heteroatoms. The van der Waals surface area contributed by atoms with E-state index in [1.54, 1.807) is 40.5 Å². The second-order valence-electron chi connectivity index (χ2n) is 8.21. The van der Waals surface area contributed by atoms with Gasteiger partial charge >= 0.3 is 0 Å².